The summed E-state index contributed by atoms with van der Waals surface area (Å²) in [6, 6.07) is 8.28. The normalized spacial score (nSPS) is 23.3. The highest BCUT2D eigenvalue weighted by Crippen LogP contribution is 2.33. The SMILES string of the molecule is CC1CN(C)CCC1n1c(CCl)nc2ccc(C#N)cc21. The predicted octanol–water partition coefficient (Wildman–Crippen LogP) is 3.16. The van der Waals surface area contributed by atoms with Crippen molar-refractivity contribution in [3.8, 4) is 6.07 Å². The van der Waals surface area contributed by atoms with Crippen LogP contribution in [0.1, 0.15) is 30.8 Å². The van der Waals surface area contributed by atoms with Gasteiger partial charge in [0.2, 0.25) is 0 Å². The number of alkyl halides is 1. The van der Waals surface area contributed by atoms with Gasteiger partial charge in [-0.15, -0.1) is 11.6 Å². The average molecular weight is 303 g/mol. The van der Waals surface area contributed by atoms with Crippen LogP contribution in [0.4, 0.5) is 0 Å². The number of fused-ring (bicyclic) bond motifs is 1. The van der Waals surface area contributed by atoms with E-state index in [2.05, 4.69) is 34.5 Å². The number of hydrogen-bond acceptors (Lipinski definition) is 3. The monoisotopic (exact) mass is 302 g/mol. The molecule has 21 heavy (non-hydrogen) atoms. The maximum Gasteiger partial charge on any atom is 0.125 e. The van der Waals surface area contributed by atoms with Crippen LogP contribution in [0.25, 0.3) is 11.0 Å². The van der Waals surface area contributed by atoms with Gasteiger partial charge in [-0.25, -0.2) is 4.98 Å². The minimum absolute atomic E-state index is 0.397. The Labute approximate surface area is 129 Å². The topological polar surface area (TPSA) is 44.9 Å². The number of nitriles is 1. The van der Waals surface area contributed by atoms with Crippen molar-refractivity contribution in [2.75, 3.05) is 20.1 Å². The number of benzene rings is 1. The highest BCUT2D eigenvalue weighted by molar-refractivity contribution is 6.16. The second kappa shape index (κ2) is 5.67. The molecule has 5 heteroatoms. The molecule has 3 rings (SSSR count). The van der Waals surface area contributed by atoms with Gasteiger partial charge in [-0.2, -0.15) is 5.26 Å². The van der Waals surface area contributed by atoms with Crippen LogP contribution in [0.5, 0.6) is 0 Å². The molecule has 0 bridgehead atoms. The molecule has 0 N–H and O–H groups in total. The summed E-state index contributed by atoms with van der Waals surface area (Å²) < 4.78 is 2.26. The fourth-order valence-corrected chi connectivity index (χ4v) is 3.59. The molecule has 4 nitrogen and oxygen atoms in total. The summed E-state index contributed by atoms with van der Waals surface area (Å²) >= 11 is 6.11. The van der Waals surface area contributed by atoms with E-state index in [-0.39, 0.29) is 0 Å². The largest absolute Gasteiger partial charge is 0.323 e. The van der Waals surface area contributed by atoms with Gasteiger partial charge in [0.25, 0.3) is 0 Å². The van der Waals surface area contributed by atoms with Gasteiger partial charge in [0, 0.05) is 12.6 Å². The summed E-state index contributed by atoms with van der Waals surface area (Å²) in [6.07, 6.45) is 1.09. The molecule has 110 valence electrons. The number of aromatic nitrogens is 2. The zero-order valence-electron chi connectivity index (χ0n) is 12.4. The van der Waals surface area contributed by atoms with Crippen LogP contribution in [0, 0.1) is 17.2 Å². The Bertz CT molecular complexity index is 700. The Morgan fingerprint density at radius 2 is 2.29 bits per heavy atom. The number of imidazole rings is 1. The third-order valence-corrected chi connectivity index (χ3v) is 4.64. The van der Waals surface area contributed by atoms with Crippen LogP contribution in [0.15, 0.2) is 18.2 Å². The number of rotatable bonds is 2. The van der Waals surface area contributed by atoms with E-state index in [1.807, 2.05) is 18.2 Å². The number of likely N-dealkylation sites (tertiary alicyclic amines) is 1. The van der Waals surface area contributed by atoms with Gasteiger partial charge in [-0.1, -0.05) is 6.92 Å². The summed E-state index contributed by atoms with van der Waals surface area (Å²) in [4.78, 5) is 7.01. The summed E-state index contributed by atoms with van der Waals surface area (Å²) in [5.74, 6) is 1.84. The van der Waals surface area contributed by atoms with Crippen molar-refractivity contribution in [2.45, 2.75) is 25.3 Å². The molecule has 0 aliphatic carbocycles. The number of nitrogens with zero attached hydrogens (tertiary/aromatic N) is 4. The number of piperidine rings is 1. The quantitative estimate of drug-likeness (QED) is 0.801. The first-order valence-corrected chi connectivity index (χ1v) is 7.83. The number of halogens is 1. The van der Waals surface area contributed by atoms with E-state index in [1.54, 1.807) is 0 Å². The Hall–Kier alpha value is -1.57. The van der Waals surface area contributed by atoms with Crippen LogP contribution in [0.3, 0.4) is 0 Å². The van der Waals surface area contributed by atoms with Crippen LogP contribution >= 0.6 is 11.6 Å². The molecule has 1 aromatic heterocycles. The summed E-state index contributed by atoms with van der Waals surface area (Å²) in [5, 5.41) is 9.14. The van der Waals surface area contributed by atoms with Gasteiger partial charge in [-0.05, 0) is 44.1 Å². The highest BCUT2D eigenvalue weighted by Gasteiger charge is 2.28. The van der Waals surface area contributed by atoms with Gasteiger partial charge in [0.1, 0.15) is 5.82 Å². The maximum absolute atomic E-state index is 9.14. The van der Waals surface area contributed by atoms with Crippen LogP contribution in [-0.4, -0.2) is 34.6 Å². The van der Waals surface area contributed by atoms with E-state index in [0.717, 1.165) is 36.4 Å². The van der Waals surface area contributed by atoms with Crippen molar-refractivity contribution in [2.24, 2.45) is 5.92 Å². The smallest absolute Gasteiger partial charge is 0.125 e. The van der Waals surface area contributed by atoms with Crippen LogP contribution in [-0.2, 0) is 5.88 Å². The highest BCUT2D eigenvalue weighted by atomic mass is 35.5. The van der Waals surface area contributed by atoms with Gasteiger partial charge in [0.15, 0.2) is 0 Å². The first-order valence-electron chi connectivity index (χ1n) is 7.29. The maximum atomic E-state index is 9.14. The molecule has 2 aromatic rings. The zero-order valence-corrected chi connectivity index (χ0v) is 13.1. The van der Waals surface area contributed by atoms with Crippen molar-refractivity contribution < 1.29 is 0 Å². The summed E-state index contributed by atoms with van der Waals surface area (Å²) in [7, 11) is 2.16. The first kappa shape index (κ1) is 14.4. The molecule has 0 radical (unpaired) electrons. The summed E-state index contributed by atoms with van der Waals surface area (Å²) in [5.41, 5.74) is 2.63. The van der Waals surface area contributed by atoms with Gasteiger partial charge < -0.3 is 9.47 Å². The molecule has 0 amide bonds. The Balaban J connectivity index is 2.13. The Kier molecular flexibility index (Phi) is 3.88. The lowest BCUT2D eigenvalue weighted by molar-refractivity contribution is 0.160. The van der Waals surface area contributed by atoms with E-state index in [9.17, 15) is 0 Å². The van der Waals surface area contributed by atoms with Crippen molar-refractivity contribution in [3.63, 3.8) is 0 Å². The van der Waals surface area contributed by atoms with Crippen LogP contribution < -0.4 is 0 Å². The zero-order chi connectivity index (χ0) is 15.0. The molecule has 1 fully saturated rings. The Morgan fingerprint density at radius 1 is 1.48 bits per heavy atom. The molecule has 1 aromatic carbocycles. The molecular formula is C16H19ClN4. The van der Waals surface area contributed by atoms with Crippen molar-refractivity contribution in [1.29, 1.82) is 5.26 Å². The lowest BCUT2D eigenvalue weighted by Crippen LogP contribution is -2.38. The second-order valence-electron chi connectivity index (χ2n) is 5.94. The standard InChI is InChI=1S/C16H19ClN4/c1-11-10-20(2)6-5-14(11)21-15-7-12(9-18)3-4-13(15)19-16(21)8-17/h3-4,7,11,14H,5-6,8,10H2,1-2H3. The Morgan fingerprint density at radius 3 is 2.95 bits per heavy atom. The third kappa shape index (κ3) is 2.52. The molecule has 0 saturated carbocycles. The van der Waals surface area contributed by atoms with Gasteiger partial charge in [-0.3, -0.25) is 0 Å². The van der Waals surface area contributed by atoms with Crippen molar-refractivity contribution in [3.05, 3.63) is 29.6 Å². The average Bonchev–Trinajstić information content (AvgIpc) is 2.84. The second-order valence-corrected chi connectivity index (χ2v) is 6.21. The van der Waals surface area contributed by atoms with E-state index in [4.69, 9.17) is 16.9 Å². The number of hydrogen-bond donors (Lipinski definition) is 0. The minimum Gasteiger partial charge on any atom is -0.323 e. The molecule has 1 aliphatic rings. The van der Waals surface area contributed by atoms with E-state index >= 15 is 0 Å². The van der Waals surface area contributed by atoms with E-state index < -0.39 is 0 Å². The molecule has 2 heterocycles. The van der Waals surface area contributed by atoms with Gasteiger partial charge in [0.05, 0.1) is 28.5 Å². The lowest BCUT2D eigenvalue weighted by Gasteiger charge is -2.36. The van der Waals surface area contributed by atoms with Crippen molar-refractivity contribution >= 4 is 22.6 Å². The molecular weight excluding hydrogens is 284 g/mol. The molecule has 1 saturated heterocycles. The summed E-state index contributed by atoms with van der Waals surface area (Å²) in [6.45, 7) is 4.43. The van der Waals surface area contributed by atoms with Gasteiger partial charge >= 0.3 is 0 Å². The van der Waals surface area contributed by atoms with E-state index in [0.29, 0.717) is 23.4 Å². The first-order chi connectivity index (χ1) is 10.1. The van der Waals surface area contributed by atoms with Crippen molar-refractivity contribution in [1.82, 2.24) is 14.5 Å². The molecule has 2 unspecified atom stereocenters. The van der Waals surface area contributed by atoms with E-state index in [1.165, 1.54) is 0 Å². The fraction of sp³-hybridized carbons (Fsp3) is 0.500. The van der Waals surface area contributed by atoms with Crippen LogP contribution in [0.2, 0.25) is 0 Å². The molecule has 2 atom stereocenters. The molecule has 0 spiro atoms. The lowest BCUT2D eigenvalue weighted by atomic mass is 9.93. The third-order valence-electron chi connectivity index (χ3n) is 4.41. The fourth-order valence-electron chi connectivity index (χ4n) is 3.40. The molecule has 1 aliphatic heterocycles. The predicted molar refractivity (Wildman–Crippen MR) is 84.3 cm³/mol. The minimum atomic E-state index is 0.397.